The van der Waals surface area contributed by atoms with Gasteiger partial charge in [0.05, 0.1) is 0 Å². The zero-order valence-electron chi connectivity index (χ0n) is 14.0. The third-order valence-corrected chi connectivity index (χ3v) is 3.45. The van der Waals surface area contributed by atoms with Crippen LogP contribution in [0.3, 0.4) is 0 Å². The number of nitrogens with zero attached hydrogens (tertiary/aromatic N) is 3. The predicted octanol–water partition coefficient (Wildman–Crippen LogP) is 4.05. The van der Waals surface area contributed by atoms with Crippen molar-refractivity contribution < 1.29 is 4.79 Å². The molecule has 0 atom stereocenters. The largest absolute Gasteiger partial charge is 0.341 e. The Hall–Kier alpha value is -2.43. The van der Waals surface area contributed by atoms with Crippen molar-refractivity contribution in [1.82, 2.24) is 9.97 Å². The molecule has 0 amide bonds. The lowest BCUT2D eigenvalue weighted by Gasteiger charge is -2.21. The van der Waals surface area contributed by atoms with Gasteiger partial charge in [-0.05, 0) is 38.0 Å². The third-order valence-electron chi connectivity index (χ3n) is 3.45. The Labute approximate surface area is 137 Å². The maximum atomic E-state index is 11.5. The average Bonchev–Trinajstić information content (AvgIpc) is 2.55. The lowest BCUT2D eigenvalue weighted by Crippen LogP contribution is -2.27. The van der Waals surface area contributed by atoms with Crippen molar-refractivity contribution in [2.45, 2.75) is 33.6 Å². The maximum Gasteiger partial charge on any atom is 0.227 e. The number of hydrogen-bond donors (Lipinski definition) is 1. The molecule has 2 rings (SSSR count). The molecular formula is C18H24N4O. The molecule has 1 aromatic heterocycles. The van der Waals surface area contributed by atoms with E-state index in [9.17, 15) is 4.79 Å². The van der Waals surface area contributed by atoms with Gasteiger partial charge in [0.15, 0.2) is 5.78 Å². The minimum absolute atomic E-state index is 0.0501. The lowest BCUT2D eigenvalue weighted by atomic mass is 10.1. The number of carbonyl (C=O) groups is 1. The Balaban J connectivity index is 2.19. The highest BCUT2D eigenvalue weighted by Gasteiger charge is 2.09. The smallest absolute Gasteiger partial charge is 0.227 e. The van der Waals surface area contributed by atoms with Gasteiger partial charge in [0.2, 0.25) is 5.95 Å². The van der Waals surface area contributed by atoms with E-state index in [1.807, 2.05) is 30.3 Å². The van der Waals surface area contributed by atoms with Gasteiger partial charge in [-0.15, -0.1) is 0 Å². The fraction of sp³-hybridized carbons (Fsp3) is 0.389. The van der Waals surface area contributed by atoms with Crippen LogP contribution in [0.5, 0.6) is 0 Å². The van der Waals surface area contributed by atoms with E-state index in [0.29, 0.717) is 5.56 Å². The van der Waals surface area contributed by atoms with Gasteiger partial charge in [0.1, 0.15) is 5.82 Å². The monoisotopic (exact) mass is 312 g/mol. The predicted molar refractivity (Wildman–Crippen MR) is 94.6 cm³/mol. The minimum atomic E-state index is 0.0501. The van der Waals surface area contributed by atoms with E-state index < -0.39 is 0 Å². The van der Waals surface area contributed by atoms with E-state index in [1.165, 1.54) is 0 Å². The number of ketones is 1. The summed E-state index contributed by atoms with van der Waals surface area (Å²) in [6.07, 6.45) is 3.88. The molecule has 5 heteroatoms. The number of carbonyl (C=O) groups excluding carboxylic acids is 1. The molecule has 1 N–H and O–H groups in total. The molecule has 0 radical (unpaired) electrons. The van der Waals surface area contributed by atoms with Crippen molar-refractivity contribution in [2.75, 3.05) is 23.3 Å². The Kier molecular flexibility index (Phi) is 6.09. The Bertz CT molecular complexity index is 651. The van der Waals surface area contributed by atoms with Crippen molar-refractivity contribution in [3.8, 4) is 0 Å². The van der Waals surface area contributed by atoms with Gasteiger partial charge in [0.25, 0.3) is 0 Å². The molecule has 0 saturated heterocycles. The first-order chi connectivity index (χ1) is 11.1. The van der Waals surface area contributed by atoms with Gasteiger partial charge in [-0.2, -0.15) is 4.98 Å². The summed E-state index contributed by atoms with van der Waals surface area (Å²) in [5.41, 5.74) is 1.53. The van der Waals surface area contributed by atoms with Crippen LogP contribution in [0.25, 0.3) is 0 Å². The van der Waals surface area contributed by atoms with Gasteiger partial charge in [-0.1, -0.05) is 26.0 Å². The molecular weight excluding hydrogens is 288 g/mol. The Morgan fingerprint density at radius 2 is 1.91 bits per heavy atom. The summed E-state index contributed by atoms with van der Waals surface area (Å²) < 4.78 is 0. The standard InChI is InChI=1S/C18H24N4O/c1-4-11-22(12-5-2)18-19-10-9-17(21-18)20-16-8-6-7-15(13-16)14(3)23/h6-10,13H,4-5,11-12H2,1-3H3,(H,19,20,21). The molecule has 0 saturated carbocycles. The molecule has 5 nitrogen and oxygen atoms in total. The fourth-order valence-corrected chi connectivity index (χ4v) is 2.39. The first-order valence-corrected chi connectivity index (χ1v) is 8.10. The Morgan fingerprint density at radius 1 is 1.17 bits per heavy atom. The van der Waals surface area contributed by atoms with Crippen LogP contribution in [-0.2, 0) is 0 Å². The highest BCUT2D eigenvalue weighted by molar-refractivity contribution is 5.95. The molecule has 1 aromatic carbocycles. The summed E-state index contributed by atoms with van der Waals surface area (Å²) >= 11 is 0. The van der Waals surface area contributed by atoms with Crippen LogP contribution in [0.2, 0.25) is 0 Å². The second kappa shape index (κ2) is 8.27. The normalized spacial score (nSPS) is 10.4. The van der Waals surface area contributed by atoms with E-state index in [1.54, 1.807) is 13.1 Å². The summed E-state index contributed by atoms with van der Waals surface area (Å²) in [6, 6.07) is 9.26. The first-order valence-electron chi connectivity index (χ1n) is 8.10. The molecule has 2 aromatic rings. The number of aromatic nitrogens is 2. The quantitative estimate of drug-likeness (QED) is 0.745. The molecule has 122 valence electrons. The van der Waals surface area contributed by atoms with E-state index in [2.05, 4.69) is 34.0 Å². The molecule has 0 bridgehead atoms. The van der Waals surface area contributed by atoms with Crippen LogP contribution >= 0.6 is 0 Å². The summed E-state index contributed by atoms with van der Waals surface area (Å²) in [7, 11) is 0. The van der Waals surface area contributed by atoms with Crippen LogP contribution in [0, 0.1) is 0 Å². The van der Waals surface area contributed by atoms with Crippen LogP contribution in [-0.4, -0.2) is 28.8 Å². The van der Waals surface area contributed by atoms with Gasteiger partial charge >= 0.3 is 0 Å². The molecule has 0 spiro atoms. The van der Waals surface area contributed by atoms with Crippen molar-refractivity contribution in [3.63, 3.8) is 0 Å². The molecule has 23 heavy (non-hydrogen) atoms. The van der Waals surface area contributed by atoms with E-state index in [4.69, 9.17) is 0 Å². The zero-order chi connectivity index (χ0) is 16.7. The summed E-state index contributed by atoms with van der Waals surface area (Å²) in [5, 5.41) is 3.25. The molecule has 0 aliphatic heterocycles. The van der Waals surface area contributed by atoms with Crippen molar-refractivity contribution in [2.24, 2.45) is 0 Å². The first kappa shape index (κ1) is 16.9. The number of benzene rings is 1. The van der Waals surface area contributed by atoms with Crippen molar-refractivity contribution in [3.05, 3.63) is 42.1 Å². The minimum Gasteiger partial charge on any atom is -0.341 e. The van der Waals surface area contributed by atoms with Gasteiger partial charge in [-0.25, -0.2) is 4.98 Å². The van der Waals surface area contributed by atoms with Gasteiger partial charge < -0.3 is 10.2 Å². The Morgan fingerprint density at radius 3 is 2.57 bits per heavy atom. The van der Waals surface area contributed by atoms with Gasteiger partial charge in [0, 0.05) is 30.5 Å². The topological polar surface area (TPSA) is 58.1 Å². The summed E-state index contributed by atoms with van der Waals surface area (Å²) in [6.45, 7) is 7.75. The molecule has 0 fully saturated rings. The van der Waals surface area contributed by atoms with Crippen LogP contribution in [0.15, 0.2) is 36.5 Å². The third kappa shape index (κ3) is 4.77. The average molecular weight is 312 g/mol. The highest BCUT2D eigenvalue weighted by Crippen LogP contribution is 2.18. The highest BCUT2D eigenvalue weighted by atomic mass is 16.1. The van der Waals surface area contributed by atoms with E-state index in [-0.39, 0.29) is 5.78 Å². The lowest BCUT2D eigenvalue weighted by molar-refractivity contribution is 0.101. The van der Waals surface area contributed by atoms with Crippen LogP contribution < -0.4 is 10.2 Å². The SMILES string of the molecule is CCCN(CCC)c1nccc(Nc2cccc(C(C)=O)c2)n1. The van der Waals surface area contributed by atoms with Crippen LogP contribution in [0.4, 0.5) is 17.5 Å². The molecule has 0 aliphatic rings. The number of hydrogen-bond acceptors (Lipinski definition) is 5. The molecule has 1 heterocycles. The maximum absolute atomic E-state index is 11.5. The fourth-order valence-electron chi connectivity index (χ4n) is 2.39. The number of nitrogens with one attached hydrogen (secondary N) is 1. The number of anilines is 3. The number of rotatable bonds is 8. The van der Waals surface area contributed by atoms with E-state index >= 15 is 0 Å². The second-order valence-electron chi connectivity index (χ2n) is 5.49. The second-order valence-corrected chi connectivity index (χ2v) is 5.49. The van der Waals surface area contributed by atoms with Crippen molar-refractivity contribution >= 4 is 23.2 Å². The van der Waals surface area contributed by atoms with E-state index in [0.717, 1.165) is 43.4 Å². The number of Topliss-reactive ketones (excluding diaryl/α,β-unsaturated/α-hetero) is 1. The zero-order valence-corrected chi connectivity index (χ0v) is 14.0. The molecule has 0 aliphatic carbocycles. The molecule has 0 unspecified atom stereocenters. The summed E-state index contributed by atoms with van der Waals surface area (Å²) in [5.74, 6) is 1.52. The summed E-state index contributed by atoms with van der Waals surface area (Å²) in [4.78, 5) is 22.7. The van der Waals surface area contributed by atoms with Crippen LogP contribution in [0.1, 0.15) is 44.0 Å². The van der Waals surface area contributed by atoms with Gasteiger partial charge in [-0.3, -0.25) is 4.79 Å². The van der Waals surface area contributed by atoms with Crippen molar-refractivity contribution in [1.29, 1.82) is 0 Å².